The average molecular weight is 255 g/mol. The monoisotopic (exact) mass is 255 g/mol. The van der Waals surface area contributed by atoms with E-state index in [-0.39, 0.29) is 4.90 Å². The standard InChI is InChI=1S/C10H10FN3O2S/c1-7-2-3-9(4-10(7)11)17(15,16)14-8-5-12-13-6-8/h2-6,14H,1H3,(H,12,13). The number of nitrogens with zero attached hydrogens (tertiary/aromatic N) is 1. The third-order valence-electron chi connectivity index (χ3n) is 2.20. The molecule has 0 unspecified atom stereocenters. The second-order valence-corrected chi connectivity index (χ2v) is 5.19. The number of hydrogen-bond acceptors (Lipinski definition) is 3. The van der Waals surface area contributed by atoms with Crippen LogP contribution in [0, 0.1) is 12.7 Å². The van der Waals surface area contributed by atoms with Gasteiger partial charge in [0.05, 0.1) is 16.8 Å². The first-order chi connectivity index (χ1) is 7.99. The van der Waals surface area contributed by atoms with Gasteiger partial charge in [0.2, 0.25) is 0 Å². The van der Waals surface area contributed by atoms with E-state index in [4.69, 9.17) is 0 Å². The highest BCUT2D eigenvalue weighted by molar-refractivity contribution is 7.92. The number of halogens is 1. The highest BCUT2D eigenvalue weighted by Gasteiger charge is 2.15. The first-order valence-electron chi connectivity index (χ1n) is 4.77. The van der Waals surface area contributed by atoms with Crippen molar-refractivity contribution in [3.05, 3.63) is 42.0 Å². The minimum absolute atomic E-state index is 0.123. The van der Waals surface area contributed by atoms with E-state index in [1.807, 2.05) is 0 Å². The van der Waals surface area contributed by atoms with Gasteiger partial charge in [0.15, 0.2) is 0 Å². The van der Waals surface area contributed by atoms with Crippen LogP contribution >= 0.6 is 0 Å². The lowest BCUT2D eigenvalue weighted by Gasteiger charge is -2.06. The van der Waals surface area contributed by atoms with Crippen molar-refractivity contribution < 1.29 is 12.8 Å². The Balaban J connectivity index is 2.35. The van der Waals surface area contributed by atoms with Gasteiger partial charge in [-0.15, -0.1) is 0 Å². The Hall–Kier alpha value is -1.89. The van der Waals surface area contributed by atoms with Crippen molar-refractivity contribution in [2.45, 2.75) is 11.8 Å². The summed E-state index contributed by atoms with van der Waals surface area (Å²) in [5.74, 6) is -0.555. The molecule has 0 radical (unpaired) electrons. The van der Waals surface area contributed by atoms with E-state index in [0.29, 0.717) is 11.3 Å². The van der Waals surface area contributed by atoms with Crippen LogP contribution < -0.4 is 4.72 Å². The number of nitrogens with one attached hydrogen (secondary N) is 2. The largest absolute Gasteiger partial charge is 0.284 e. The molecule has 2 rings (SSSR count). The van der Waals surface area contributed by atoms with Crippen molar-refractivity contribution in [1.82, 2.24) is 10.2 Å². The molecule has 1 heterocycles. The van der Waals surface area contributed by atoms with Gasteiger partial charge in [-0.2, -0.15) is 5.10 Å². The molecule has 1 aromatic heterocycles. The third-order valence-corrected chi connectivity index (χ3v) is 3.58. The van der Waals surface area contributed by atoms with Gasteiger partial charge < -0.3 is 0 Å². The Morgan fingerprint density at radius 1 is 1.41 bits per heavy atom. The molecule has 0 atom stereocenters. The molecule has 1 aromatic carbocycles. The summed E-state index contributed by atoms with van der Waals surface area (Å²) in [6.07, 6.45) is 2.71. The fourth-order valence-corrected chi connectivity index (χ4v) is 2.31. The predicted molar refractivity (Wildman–Crippen MR) is 60.5 cm³/mol. The molecule has 0 saturated heterocycles. The molecule has 7 heteroatoms. The van der Waals surface area contributed by atoms with Gasteiger partial charge in [-0.1, -0.05) is 6.07 Å². The minimum atomic E-state index is -3.77. The van der Waals surface area contributed by atoms with Gasteiger partial charge in [-0.3, -0.25) is 9.82 Å². The fourth-order valence-electron chi connectivity index (χ4n) is 1.26. The zero-order valence-electron chi connectivity index (χ0n) is 8.94. The lowest BCUT2D eigenvalue weighted by Crippen LogP contribution is -2.12. The molecule has 17 heavy (non-hydrogen) atoms. The quantitative estimate of drug-likeness (QED) is 0.875. The summed E-state index contributed by atoms with van der Waals surface area (Å²) in [6, 6.07) is 3.75. The van der Waals surface area contributed by atoms with Crippen LogP contribution in [0.4, 0.5) is 10.1 Å². The smallest absolute Gasteiger partial charge is 0.262 e. The van der Waals surface area contributed by atoms with Crippen LogP contribution in [-0.2, 0) is 10.0 Å². The zero-order valence-corrected chi connectivity index (χ0v) is 9.75. The summed E-state index contributed by atoms with van der Waals surface area (Å²) in [5, 5.41) is 6.08. The van der Waals surface area contributed by atoms with E-state index < -0.39 is 15.8 Å². The summed E-state index contributed by atoms with van der Waals surface area (Å²) < 4.78 is 39.2. The van der Waals surface area contributed by atoms with E-state index in [2.05, 4.69) is 14.9 Å². The van der Waals surface area contributed by atoms with Crippen LogP contribution in [-0.4, -0.2) is 18.6 Å². The third kappa shape index (κ3) is 2.44. The molecular formula is C10H10FN3O2S. The molecule has 0 aliphatic carbocycles. The fraction of sp³-hybridized carbons (Fsp3) is 0.100. The summed E-state index contributed by atoms with van der Waals surface area (Å²) in [4.78, 5) is -0.123. The summed E-state index contributed by atoms with van der Waals surface area (Å²) >= 11 is 0. The molecule has 90 valence electrons. The van der Waals surface area contributed by atoms with Crippen molar-refractivity contribution in [3.63, 3.8) is 0 Å². The second-order valence-electron chi connectivity index (χ2n) is 3.50. The highest BCUT2D eigenvalue weighted by Crippen LogP contribution is 2.17. The number of aryl methyl sites for hydroxylation is 1. The Labute approximate surface area is 97.7 Å². The molecule has 0 saturated carbocycles. The van der Waals surface area contributed by atoms with Crippen LogP contribution in [0.1, 0.15) is 5.56 Å². The number of hydrogen-bond donors (Lipinski definition) is 2. The number of anilines is 1. The van der Waals surface area contributed by atoms with Crippen LogP contribution in [0.5, 0.6) is 0 Å². The molecule has 0 amide bonds. The Morgan fingerprint density at radius 3 is 2.76 bits per heavy atom. The maximum absolute atomic E-state index is 13.3. The lowest BCUT2D eigenvalue weighted by atomic mass is 10.2. The van der Waals surface area contributed by atoms with Crippen molar-refractivity contribution >= 4 is 15.7 Å². The number of aromatic amines is 1. The van der Waals surface area contributed by atoms with Crippen LogP contribution in [0.2, 0.25) is 0 Å². The van der Waals surface area contributed by atoms with E-state index in [0.717, 1.165) is 6.07 Å². The molecule has 5 nitrogen and oxygen atoms in total. The zero-order chi connectivity index (χ0) is 12.5. The first-order valence-corrected chi connectivity index (χ1v) is 6.25. The van der Waals surface area contributed by atoms with Gasteiger partial charge >= 0.3 is 0 Å². The SMILES string of the molecule is Cc1ccc(S(=O)(=O)Nc2cn[nH]c2)cc1F. The van der Waals surface area contributed by atoms with Crippen molar-refractivity contribution in [1.29, 1.82) is 0 Å². The van der Waals surface area contributed by atoms with E-state index in [9.17, 15) is 12.8 Å². The van der Waals surface area contributed by atoms with Gasteiger partial charge in [-0.05, 0) is 24.6 Å². The summed E-state index contributed by atoms with van der Waals surface area (Å²) in [7, 11) is -3.77. The number of H-pyrrole nitrogens is 1. The summed E-state index contributed by atoms with van der Waals surface area (Å²) in [6.45, 7) is 1.56. The Kier molecular flexibility index (Phi) is 2.84. The second kappa shape index (κ2) is 4.17. The van der Waals surface area contributed by atoms with E-state index in [1.165, 1.54) is 24.5 Å². The van der Waals surface area contributed by atoms with Crippen LogP contribution in [0.25, 0.3) is 0 Å². The maximum atomic E-state index is 13.3. The number of sulfonamides is 1. The van der Waals surface area contributed by atoms with Gasteiger partial charge in [0, 0.05) is 6.20 Å². The Morgan fingerprint density at radius 2 is 2.18 bits per heavy atom. The summed E-state index contributed by atoms with van der Waals surface area (Å²) in [5.41, 5.74) is 0.693. The minimum Gasteiger partial charge on any atom is -0.284 e. The molecule has 0 fully saturated rings. The average Bonchev–Trinajstić information content (AvgIpc) is 2.73. The molecule has 0 spiro atoms. The highest BCUT2D eigenvalue weighted by atomic mass is 32.2. The maximum Gasteiger partial charge on any atom is 0.262 e. The topological polar surface area (TPSA) is 74.8 Å². The number of aromatic nitrogens is 2. The molecule has 0 aliphatic heterocycles. The number of rotatable bonds is 3. The molecule has 2 aromatic rings. The normalized spacial score (nSPS) is 11.4. The molecule has 0 bridgehead atoms. The number of benzene rings is 1. The van der Waals surface area contributed by atoms with Crippen LogP contribution in [0.3, 0.4) is 0 Å². The first kappa shape index (κ1) is 11.6. The van der Waals surface area contributed by atoms with E-state index in [1.54, 1.807) is 6.92 Å². The molecule has 2 N–H and O–H groups in total. The van der Waals surface area contributed by atoms with E-state index >= 15 is 0 Å². The van der Waals surface area contributed by atoms with Crippen molar-refractivity contribution in [2.24, 2.45) is 0 Å². The van der Waals surface area contributed by atoms with Crippen molar-refractivity contribution in [3.8, 4) is 0 Å². The Bertz CT molecular complexity index is 623. The van der Waals surface area contributed by atoms with Crippen molar-refractivity contribution in [2.75, 3.05) is 4.72 Å². The van der Waals surface area contributed by atoms with Gasteiger partial charge in [-0.25, -0.2) is 12.8 Å². The molecule has 0 aliphatic rings. The van der Waals surface area contributed by atoms with Gasteiger partial charge in [0.25, 0.3) is 10.0 Å². The van der Waals surface area contributed by atoms with Gasteiger partial charge in [0.1, 0.15) is 5.82 Å². The molecular weight excluding hydrogens is 245 g/mol. The predicted octanol–water partition coefficient (Wildman–Crippen LogP) is 1.66. The lowest BCUT2D eigenvalue weighted by molar-refractivity contribution is 0.593. The van der Waals surface area contributed by atoms with Crippen LogP contribution in [0.15, 0.2) is 35.5 Å².